The fraction of sp³-hybridized carbons (Fsp3) is 0.526. The number of carbonyl (C=O) groups is 3. The van der Waals surface area contributed by atoms with Crippen molar-refractivity contribution in [2.45, 2.75) is 49.1 Å². The van der Waals surface area contributed by atoms with Crippen molar-refractivity contribution in [2.75, 3.05) is 18.1 Å². The van der Waals surface area contributed by atoms with Crippen molar-refractivity contribution in [3.63, 3.8) is 0 Å². The first-order valence-corrected chi connectivity index (χ1v) is 11.2. The van der Waals surface area contributed by atoms with Crippen molar-refractivity contribution >= 4 is 33.4 Å². The lowest BCUT2D eigenvalue weighted by atomic mass is 10.1. The molecule has 1 aromatic carbocycles. The summed E-state index contributed by atoms with van der Waals surface area (Å²) in [5, 5.41) is 5.09. The number of sulfonamides is 1. The zero-order valence-electron chi connectivity index (χ0n) is 15.8. The van der Waals surface area contributed by atoms with Gasteiger partial charge in [0, 0.05) is 19.1 Å². The minimum Gasteiger partial charge on any atom is -0.376 e. The minimum absolute atomic E-state index is 0.0811. The van der Waals surface area contributed by atoms with E-state index in [1.54, 1.807) is 0 Å². The van der Waals surface area contributed by atoms with E-state index in [0.717, 1.165) is 30.6 Å². The molecule has 1 aliphatic carbocycles. The lowest BCUT2D eigenvalue weighted by Crippen LogP contribution is -2.49. The van der Waals surface area contributed by atoms with Crippen LogP contribution < -0.4 is 10.0 Å². The van der Waals surface area contributed by atoms with Gasteiger partial charge in [-0.2, -0.15) is 0 Å². The van der Waals surface area contributed by atoms with Crippen LogP contribution in [0, 0.1) is 5.92 Å². The Morgan fingerprint density at radius 2 is 1.86 bits per heavy atom. The smallest absolute Gasteiger partial charge is 0.257 e. The molecule has 29 heavy (non-hydrogen) atoms. The van der Waals surface area contributed by atoms with Gasteiger partial charge >= 0.3 is 0 Å². The molecule has 2 aliphatic heterocycles. The van der Waals surface area contributed by atoms with E-state index in [1.807, 2.05) is 0 Å². The number of nitrogens with zero attached hydrogens (tertiary/aromatic N) is 2. The molecule has 10 heteroatoms. The summed E-state index contributed by atoms with van der Waals surface area (Å²) in [4.78, 5) is 41.0. The van der Waals surface area contributed by atoms with Crippen molar-refractivity contribution in [1.29, 1.82) is 0 Å². The van der Waals surface area contributed by atoms with Gasteiger partial charge in [0.25, 0.3) is 5.91 Å². The van der Waals surface area contributed by atoms with Crippen LogP contribution >= 0.6 is 0 Å². The van der Waals surface area contributed by atoms with Crippen LogP contribution in [-0.2, 0) is 29.1 Å². The summed E-state index contributed by atoms with van der Waals surface area (Å²) in [7, 11) is -3.88. The molecule has 3 aliphatic rings. The molecule has 1 saturated carbocycles. The molecule has 2 saturated heterocycles. The molecular weight excluding hydrogens is 398 g/mol. The minimum atomic E-state index is -3.88. The molecule has 0 aromatic heterocycles. The van der Waals surface area contributed by atoms with Crippen LogP contribution in [0.4, 0.5) is 5.69 Å². The summed E-state index contributed by atoms with van der Waals surface area (Å²) in [6.45, 7) is 0.938. The fourth-order valence-corrected chi connectivity index (χ4v) is 4.37. The Morgan fingerprint density at radius 3 is 2.41 bits per heavy atom. The van der Waals surface area contributed by atoms with E-state index in [2.05, 4.69) is 0 Å². The Hall–Kier alpha value is -2.30. The van der Waals surface area contributed by atoms with Crippen molar-refractivity contribution < 1.29 is 27.5 Å². The molecule has 3 fully saturated rings. The number of amides is 3. The third kappa shape index (κ3) is 4.05. The number of carbonyl (C=O) groups excluding carboxylic acids is 3. The van der Waals surface area contributed by atoms with E-state index < -0.39 is 27.9 Å². The van der Waals surface area contributed by atoms with E-state index in [0.29, 0.717) is 13.2 Å². The van der Waals surface area contributed by atoms with E-state index in [1.165, 1.54) is 29.2 Å². The van der Waals surface area contributed by atoms with Gasteiger partial charge in [-0.15, -0.1) is 0 Å². The number of anilines is 1. The topological polar surface area (TPSA) is 127 Å². The Labute approximate surface area is 168 Å². The quantitative estimate of drug-likeness (QED) is 0.662. The summed E-state index contributed by atoms with van der Waals surface area (Å²) in [5.41, 5.74) is 0.255. The summed E-state index contributed by atoms with van der Waals surface area (Å²) < 4.78 is 28.5. The molecule has 0 spiro atoms. The van der Waals surface area contributed by atoms with Crippen molar-refractivity contribution in [3.8, 4) is 0 Å². The highest BCUT2D eigenvalue weighted by Crippen LogP contribution is 2.35. The summed E-state index contributed by atoms with van der Waals surface area (Å²) in [6.07, 6.45) is 3.12. The highest BCUT2D eigenvalue weighted by molar-refractivity contribution is 7.89. The van der Waals surface area contributed by atoms with Gasteiger partial charge in [0.15, 0.2) is 0 Å². The van der Waals surface area contributed by atoms with Crippen molar-refractivity contribution in [3.05, 3.63) is 24.3 Å². The summed E-state index contributed by atoms with van der Waals surface area (Å²) >= 11 is 0. The molecule has 2 N–H and O–H groups in total. The van der Waals surface area contributed by atoms with Gasteiger partial charge in [0.2, 0.25) is 21.8 Å². The maximum absolute atomic E-state index is 13.1. The first-order chi connectivity index (χ1) is 13.8. The largest absolute Gasteiger partial charge is 0.376 e. The van der Waals surface area contributed by atoms with Crippen LogP contribution in [0.25, 0.3) is 0 Å². The number of hydrogen-bond donors (Lipinski definition) is 1. The number of benzene rings is 1. The van der Waals surface area contributed by atoms with E-state index in [-0.39, 0.29) is 34.9 Å². The number of rotatable bonds is 6. The van der Waals surface area contributed by atoms with E-state index in [9.17, 15) is 22.8 Å². The Morgan fingerprint density at radius 1 is 1.17 bits per heavy atom. The van der Waals surface area contributed by atoms with E-state index in [4.69, 9.17) is 9.88 Å². The molecule has 9 nitrogen and oxygen atoms in total. The number of imide groups is 1. The highest BCUT2D eigenvalue weighted by atomic mass is 32.2. The van der Waals surface area contributed by atoms with Crippen LogP contribution in [0.5, 0.6) is 0 Å². The Bertz CT molecular complexity index is 935. The van der Waals surface area contributed by atoms with Gasteiger partial charge in [0.05, 0.1) is 23.1 Å². The van der Waals surface area contributed by atoms with Gasteiger partial charge in [0.1, 0.15) is 6.04 Å². The van der Waals surface area contributed by atoms with Crippen LogP contribution in [0.3, 0.4) is 0 Å². The van der Waals surface area contributed by atoms with Crippen LogP contribution in [0.15, 0.2) is 29.2 Å². The average molecular weight is 421 g/mol. The molecule has 2 heterocycles. The maximum atomic E-state index is 13.1. The summed E-state index contributed by atoms with van der Waals surface area (Å²) in [6, 6.07) is 4.37. The predicted octanol–water partition coefficient (Wildman–Crippen LogP) is 0.383. The van der Waals surface area contributed by atoms with Gasteiger partial charge in [-0.3, -0.25) is 14.4 Å². The molecule has 156 valence electrons. The molecule has 0 radical (unpaired) electrons. The summed E-state index contributed by atoms with van der Waals surface area (Å²) in [5.74, 6) is -1.09. The van der Waals surface area contributed by atoms with Crippen molar-refractivity contribution in [1.82, 2.24) is 4.90 Å². The molecule has 0 bridgehead atoms. The van der Waals surface area contributed by atoms with E-state index >= 15 is 0 Å². The zero-order valence-corrected chi connectivity index (χ0v) is 16.6. The lowest BCUT2D eigenvalue weighted by Gasteiger charge is -2.30. The second-order valence-corrected chi connectivity index (χ2v) is 9.29. The second-order valence-electron chi connectivity index (χ2n) is 7.73. The predicted molar refractivity (Wildman–Crippen MR) is 102 cm³/mol. The number of primary sulfonamides is 1. The normalized spacial score (nSPS) is 24.9. The number of ether oxygens (including phenoxy) is 1. The molecule has 3 amide bonds. The molecule has 2 atom stereocenters. The van der Waals surface area contributed by atoms with Crippen LogP contribution in [0.2, 0.25) is 0 Å². The second kappa shape index (κ2) is 7.51. The van der Waals surface area contributed by atoms with Gasteiger partial charge in [-0.05, 0) is 49.9 Å². The third-order valence-corrected chi connectivity index (χ3v) is 6.49. The Balaban J connectivity index is 1.57. The molecule has 4 rings (SSSR count). The standard InChI is InChI=1S/C19H23N3O6S/c20-29(26,27)15-7-5-13(6-8-15)22-17(23)10-16(19(22)25)21(18(24)12-3-4-12)11-14-2-1-9-28-14/h5-8,12,14,16H,1-4,9-11H2,(H2,20,26,27). The van der Waals surface area contributed by atoms with Crippen LogP contribution in [-0.4, -0.2) is 56.3 Å². The van der Waals surface area contributed by atoms with Gasteiger partial charge < -0.3 is 9.64 Å². The molecular formula is C19H23N3O6S. The highest BCUT2D eigenvalue weighted by Gasteiger charge is 2.47. The molecule has 2 unspecified atom stereocenters. The molecule has 1 aromatic rings. The average Bonchev–Trinajstić information content (AvgIpc) is 3.32. The number of hydrogen-bond acceptors (Lipinski definition) is 6. The van der Waals surface area contributed by atoms with Gasteiger partial charge in [-0.25, -0.2) is 18.5 Å². The first-order valence-electron chi connectivity index (χ1n) is 9.67. The third-order valence-electron chi connectivity index (χ3n) is 5.56. The zero-order chi connectivity index (χ0) is 20.8. The lowest BCUT2D eigenvalue weighted by molar-refractivity contribution is -0.141. The number of nitrogens with two attached hydrogens (primary N) is 1. The SMILES string of the molecule is NS(=O)(=O)c1ccc(N2C(=O)CC(N(CC3CCCO3)C(=O)C3CC3)C2=O)cc1. The first kappa shape index (κ1) is 20.0. The van der Waals surface area contributed by atoms with Crippen LogP contribution in [0.1, 0.15) is 32.1 Å². The Kier molecular flexibility index (Phi) is 5.18. The van der Waals surface area contributed by atoms with Crippen molar-refractivity contribution in [2.24, 2.45) is 11.1 Å². The van der Waals surface area contributed by atoms with Gasteiger partial charge in [-0.1, -0.05) is 0 Å². The maximum Gasteiger partial charge on any atom is 0.257 e. The fourth-order valence-electron chi connectivity index (χ4n) is 3.86. The monoisotopic (exact) mass is 421 g/mol.